The number of nitrogens with two attached hydrogens (primary N) is 1. The lowest BCUT2D eigenvalue weighted by molar-refractivity contribution is -0.0302. The SMILES string of the molecule is CC[C@H]1O[C@@H](n2cnc3c2NC(N)NC3=O)CC1OCSSC(C)(C)C. The summed E-state index contributed by atoms with van der Waals surface area (Å²) in [5, 5.41) is 5.65. The second-order valence-corrected chi connectivity index (χ2v) is 10.4. The number of hydrogen-bond donors (Lipinski definition) is 3. The van der Waals surface area contributed by atoms with Crippen molar-refractivity contribution in [2.75, 3.05) is 11.3 Å². The van der Waals surface area contributed by atoms with Crippen LogP contribution < -0.4 is 16.4 Å². The van der Waals surface area contributed by atoms with Gasteiger partial charge in [-0.25, -0.2) is 4.98 Å². The predicted molar refractivity (Wildman–Crippen MR) is 105 cm³/mol. The number of aromatic nitrogens is 2. The molecule has 10 heteroatoms. The molecule has 1 amide bonds. The first-order chi connectivity index (χ1) is 12.3. The third-order valence-electron chi connectivity index (χ3n) is 4.12. The van der Waals surface area contributed by atoms with Crippen LogP contribution in [0.1, 0.15) is 57.3 Å². The van der Waals surface area contributed by atoms with E-state index in [0.29, 0.717) is 23.9 Å². The molecule has 1 aromatic heterocycles. The molecule has 146 valence electrons. The predicted octanol–water partition coefficient (Wildman–Crippen LogP) is 2.50. The molecule has 2 unspecified atom stereocenters. The van der Waals surface area contributed by atoms with Crippen LogP contribution in [0.5, 0.6) is 0 Å². The van der Waals surface area contributed by atoms with Crippen LogP contribution in [0, 0.1) is 0 Å². The summed E-state index contributed by atoms with van der Waals surface area (Å²) < 4.78 is 14.3. The Bertz CT molecular complexity index is 648. The summed E-state index contributed by atoms with van der Waals surface area (Å²) >= 11 is 0. The minimum atomic E-state index is -0.633. The van der Waals surface area contributed by atoms with Gasteiger partial charge < -0.3 is 20.1 Å². The number of carbonyl (C=O) groups is 1. The van der Waals surface area contributed by atoms with Crippen LogP contribution in [0.2, 0.25) is 0 Å². The van der Waals surface area contributed by atoms with Crippen molar-refractivity contribution in [3.63, 3.8) is 0 Å². The summed E-state index contributed by atoms with van der Waals surface area (Å²) in [6, 6.07) is 0. The maximum atomic E-state index is 12.0. The van der Waals surface area contributed by atoms with Crippen molar-refractivity contribution in [3.05, 3.63) is 12.0 Å². The van der Waals surface area contributed by atoms with Crippen LogP contribution in [0.25, 0.3) is 0 Å². The van der Waals surface area contributed by atoms with E-state index in [2.05, 4.69) is 43.3 Å². The Hall–Kier alpha value is -0.940. The van der Waals surface area contributed by atoms with E-state index in [-0.39, 0.29) is 29.1 Å². The van der Waals surface area contributed by atoms with E-state index in [4.69, 9.17) is 15.2 Å². The molecule has 0 radical (unpaired) electrons. The minimum Gasteiger partial charge on any atom is -0.364 e. The molecule has 1 fully saturated rings. The van der Waals surface area contributed by atoms with E-state index >= 15 is 0 Å². The number of nitrogens with zero attached hydrogens (tertiary/aromatic N) is 2. The Morgan fingerprint density at radius 2 is 2.23 bits per heavy atom. The highest BCUT2D eigenvalue weighted by Gasteiger charge is 2.38. The molecule has 0 spiro atoms. The molecule has 26 heavy (non-hydrogen) atoms. The number of amides is 1. The average molecular weight is 402 g/mol. The number of ether oxygens (including phenoxy) is 2. The highest BCUT2D eigenvalue weighted by atomic mass is 33.1. The number of nitrogens with one attached hydrogen (secondary N) is 2. The summed E-state index contributed by atoms with van der Waals surface area (Å²) in [5.74, 6) is 0.935. The van der Waals surface area contributed by atoms with Crippen molar-refractivity contribution in [2.24, 2.45) is 5.73 Å². The van der Waals surface area contributed by atoms with E-state index in [0.717, 1.165) is 6.42 Å². The molecule has 0 saturated carbocycles. The first kappa shape index (κ1) is 19.8. The number of carbonyl (C=O) groups excluding carboxylic acids is 1. The maximum Gasteiger partial charge on any atom is 0.276 e. The number of hydrogen-bond acceptors (Lipinski definition) is 8. The highest BCUT2D eigenvalue weighted by Crippen LogP contribution is 2.38. The van der Waals surface area contributed by atoms with Gasteiger partial charge in [-0.2, -0.15) is 0 Å². The van der Waals surface area contributed by atoms with Gasteiger partial charge in [-0.15, -0.1) is 0 Å². The summed E-state index contributed by atoms with van der Waals surface area (Å²) in [4.78, 5) is 16.2. The topological polar surface area (TPSA) is 103 Å². The van der Waals surface area contributed by atoms with Gasteiger partial charge in [0.15, 0.2) is 12.0 Å². The van der Waals surface area contributed by atoms with Crippen molar-refractivity contribution in [2.45, 2.75) is 70.0 Å². The number of anilines is 1. The normalized spacial score (nSPS) is 28.6. The fourth-order valence-electron chi connectivity index (χ4n) is 3.01. The van der Waals surface area contributed by atoms with Gasteiger partial charge in [-0.05, 0) is 6.42 Å². The smallest absolute Gasteiger partial charge is 0.276 e. The third-order valence-corrected chi connectivity index (χ3v) is 7.11. The minimum absolute atomic E-state index is 0.0159. The average Bonchev–Trinajstić information content (AvgIpc) is 3.14. The lowest BCUT2D eigenvalue weighted by atomic mass is 10.1. The highest BCUT2D eigenvalue weighted by molar-refractivity contribution is 8.77. The van der Waals surface area contributed by atoms with E-state index in [9.17, 15) is 4.79 Å². The lowest BCUT2D eigenvalue weighted by Crippen LogP contribution is -2.51. The van der Waals surface area contributed by atoms with E-state index in [1.54, 1.807) is 17.1 Å². The zero-order valence-corrected chi connectivity index (χ0v) is 17.2. The molecule has 8 nitrogen and oxygen atoms in total. The monoisotopic (exact) mass is 401 g/mol. The van der Waals surface area contributed by atoms with Crippen LogP contribution in [-0.2, 0) is 9.47 Å². The van der Waals surface area contributed by atoms with Crippen LogP contribution in [0.3, 0.4) is 0 Å². The molecule has 2 aliphatic heterocycles. The van der Waals surface area contributed by atoms with Crippen molar-refractivity contribution in [3.8, 4) is 0 Å². The van der Waals surface area contributed by atoms with Crippen molar-refractivity contribution >= 4 is 33.3 Å². The molecule has 0 aliphatic carbocycles. The molecule has 3 heterocycles. The quantitative estimate of drug-likeness (QED) is 0.379. The number of rotatable bonds is 6. The molecular formula is C16H27N5O3S2. The van der Waals surface area contributed by atoms with Gasteiger partial charge in [0.05, 0.1) is 18.5 Å². The number of fused-ring (bicyclic) bond motifs is 1. The first-order valence-corrected chi connectivity index (χ1v) is 11.1. The fraction of sp³-hybridized carbons (Fsp3) is 0.750. The molecule has 3 rings (SSSR count). The van der Waals surface area contributed by atoms with Gasteiger partial charge in [0, 0.05) is 11.2 Å². The summed E-state index contributed by atoms with van der Waals surface area (Å²) in [6.07, 6.45) is 2.37. The molecule has 4 atom stereocenters. The van der Waals surface area contributed by atoms with E-state index in [1.807, 2.05) is 15.4 Å². The van der Waals surface area contributed by atoms with E-state index < -0.39 is 6.29 Å². The van der Waals surface area contributed by atoms with Crippen molar-refractivity contribution < 1.29 is 14.3 Å². The molecule has 1 aromatic rings. The molecule has 0 aromatic carbocycles. The second-order valence-electron chi connectivity index (χ2n) is 7.35. The Morgan fingerprint density at radius 3 is 2.92 bits per heavy atom. The van der Waals surface area contributed by atoms with Crippen LogP contribution in [0.4, 0.5) is 5.82 Å². The Labute approximate surface area is 161 Å². The van der Waals surface area contributed by atoms with Crippen LogP contribution in [-0.4, -0.2) is 44.6 Å². The standard InChI is InChI=1S/C16H27N5O3S2/c1-5-9-10(23-8-25-26-16(2,3)4)6-11(24-9)21-7-18-12-13(21)19-15(17)20-14(12)22/h7,9-11,15,19H,5-6,8,17H2,1-4H3,(H,20,22)/t9-,10?,11-,15?/m1/s1. The summed E-state index contributed by atoms with van der Waals surface area (Å²) in [5.41, 5.74) is 6.15. The van der Waals surface area contributed by atoms with Gasteiger partial charge in [0.2, 0.25) is 0 Å². The van der Waals surface area contributed by atoms with E-state index in [1.165, 1.54) is 0 Å². The lowest BCUT2D eigenvalue weighted by Gasteiger charge is -2.24. The molecule has 2 aliphatic rings. The van der Waals surface area contributed by atoms with Gasteiger partial charge in [0.25, 0.3) is 5.91 Å². The van der Waals surface area contributed by atoms with Crippen LogP contribution >= 0.6 is 21.6 Å². The van der Waals surface area contributed by atoms with Gasteiger partial charge >= 0.3 is 0 Å². The van der Waals surface area contributed by atoms with Crippen LogP contribution in [0.15, 0.2) is 6.33 Å². The van der Waals surface area contributed by atoms with Crippen molar-refractivity contribution in [1.29, 1.82) is 0 Å². The zero-order valence-electron chi connectivity index (χ0n) is 15.5. The third kappa shape index (κ3) is 4.48. The maximum absolute atomic E-state index is 12.0. The molecule has 0 bridgehead atoms. The summed E-state index contributed by atoms with van der Waals surface area (Å²) in [6.45, 7) is 8.64. The number of imidazole rings is 1. The molecular weight excluding hydrogens is 374 g/mol. The fourth-order valence-corrected chi connectivity index (χ4v) is 5.01. The Balaban J connectivity index is 1.63. The molecule has 1 saturated heterocycles. The Morgan fingerprint density at radius 1 is 1.46 bits per heavy atom. The van der Waals surface area contributed by atoms with Gasteiger partial charge in [-0.3, -0.25) is 15.1 Å². The first-order valence-electron chi connectivity index (χ1n) is 8.76. The largest absolute Gasteiger partial charge is 0.364 e. The van der Waals surface area contributed by atoms with Gasteiger partial charge in [-0.1, -0.05) is 49.3 Å². The second kappa shape index (κ2) is 7.97. The summed E-state index contributed by atoms with van der Waals surface area (Å²) in [7, 11) is 3.53. The van der Waals surface area contributed by atoms with Crippen molar-refractivity contribution in [1.82, 2.24) is 14.9 Å². The zero-order chi connectivity index (χ0) is 18.9. The Kier molecular flexibility index (Phi) is 6.07. The van der Waals surface area contributed by atoms with Gasteiger partial charge in [0.1, 0.15) is 18.0 Å². The molecule has 4 N–H and O–H groups in total.